The minimum Gasteiger partial charge on any atom is -0.488 e. The van der Waals surface area contributed by atoms with Crippen LogP contribution in [0.4, 0.5) is 0 Å². The minimum absolute atomic E-state index is 0.00138. The first-order valence-electron chi connectivity index (χ1n) is 7.10. The second-order valence-electron chi connectivity index (χ2n) is 5.46. The van der Waals surface area contributed by atoms with Crippen molar-refractivity contribution in [3.05, 3.63) is 28.2 Å². The van der Waals surface area contributed by atoms with E-state index in [0.29, 0.717) is 35.2 Å². The molecule has 2 N–H and O–H groups in total. The van der Waals surface area contributed by atoms with Crippen LogP contribution in [0.25, 0.3) is 0 Å². The molecule has 2 unspecified atom stereocenters. The molecule has 2 rings (SSSR count). The van der Waals surface area contributed by atoms with Crippen LogP contribution in [-0.4, -0.2) is 36.0 Å². The first-order chi connectivity index (χ1) is 9.95. The Bertz CT molecular complexity index is 508. The molecule has 1 fully saturated rings. The average molecular weight is 331 g/mol. The number of hydrogen-bond acceptors (Lipinski definition) is 3. The van der Waals surface area contributed by atoms with Crippen LogP contribution in [0.2, 0.25) is 10.0 Å². The maximum Gasteiger partial charge on any atom is 0.222 e. The maximum atomic E-state index is 12.0. The average Bonchev–Trinajstić information content (AvgIpc) is 2.89. The van der Waals surface area contributed by atoms with Crippen LogP contribution in [0.3, 0.4) is 0 Å². The Labute approximate surface area is 135 Å². The number of likely N-dealkylation sites (tertiary alicyclic amines) is 1. The van der Waals surface area contributed by atoms with Gasteiger partial charge in [-0.1, -0.05) is 23.2 Å². The molecule has 116 valence electrons. The molecule has 1 saturated heterocycles. The third-order valence-corrected chi connectivity index (χ3v) is 4.24. The Morgan fingerprint density at radius 2 is 2.24 bits per heavy atom. The highest BCUT2D eigenvalue weighted by Crippen LogP contribution is 2.28. The molecule has 1 heterocycles. The molecule has 0 aromatic heterocycles. The zero-order chi connectivity index (χ0) is 15.4. The Balaban J connectivity index is 1.84. The van der Waals surface area contributed by atoms with E-state index < -0.39 is 0 Å². The lowest BCUT2D eigenvalue weighted by molar-refractivity contribution is -0.130. The lowest BCUT2D eigenvalue weighted by Crippen LogP contribution is -2.31. The zero-order valence-electron chi connectivity index (χ0n) is 12.0. The van der Waals surface area contributed by atoms with E-state index in [4.69, 9.17) is 33.7 Å². The third kappa shape index (κ3) is 4.77. The Kier molecular flexibility index (Phi) is 5.73. The Morgan fingerprint density at radius 1 is 1.48 bits per heavy atom. The molecule has 1 amide bonds. The number of nitrogens with two attached hydrogens (primary N) is 1. The molecule has 0 radical (unpaired) electrons. The number of amides is 1. The maximum absolute atomic E-state index is 12.0. The Hall–Kier alpha value is -0.970. The fourth-order valence-corrected chi connectivity index (χ4v) is 2.59. The molecule has 1 aromatic carbocycles. The number of benzene rings is 1. The smallest absolute Gasteiger partial charge is 0.222 e. The molecule has 1 aliphatic heterocycles. The van der Waals surface area contributed by atoms with Gasteiger partial charge in [0.15, 0.2) is 0 Å². The molecule has 4 nitrogen and oxygen atoms in total. The first-order valence-corrected chi connectivity index (χ1v) is 7.86. The van der Waals surface area contributed by atoms with Gasteiger partial charge in [-0.15, -0.1) is 0 Å². The minimum atomic E-state index is 0.00138. The summed E-state index contributed by atoms with van der Waals surface area (Å²) in [7, 11) is 0. The molecule has 1 aliphatic rings. The molecular formula is C15H20Cl2N2O2. The summed E-state index contributed by atoms with van der Waals surface area (Å²) >= 11 is 11.8. The van der Waals surface area contributed by atoms with Crippen LogP contribution in [0.1, 0.15) is 26.2 Å². The van der Waals surface area contributed by atoms with Gasteiger partial charge in [-0.05, 0) is 25.5 Å². The topological polar surface area (TPSA) is 55.6 Å². The second-order valence-corrected chi connectivity index (χ2v) is 6.27. The summed E-state index contributed by atoms with van der Waals surface area (Å²) < 4.78 is 5.86. The summed E-state index contributed by atoms with van der Waals surface area (Å²) in [5.74, 6) is 0.826. The Morgan fingerprint density at radius 3 is 2.90 bits per heavy atom. The van der Waals surface area contributed by atoms with E-state index >= 15 is 0 Å². The number of carbonyl (C=O) groups is 1. The number of halogens is 2. The number of nitrogens with zero attached hydrogens (tertiary/aromatic N) is 1. The molecule has 0 spiro atoms. The van der Waals surface area contributed by atoms with Crippen molar-refractivity contribution in [1.29, 1.82) is 0 Å². The molecule has 2 atom stereocenters. The van der Waals surface area contributed by atoms with Crippen molar-refractivity contribution in [3.63, 3.8) is 0 Å². The van der Waals surface area contributed by atoms with Crippen molar-refractivity contribution >= 4 is 29.1 Å². The highest BCUT2D eigenvalue weighted by atomic mass is 35.5. The van der Waals surface area contributed by atoms with Gasteiger partial charge in [-0.25, -0.2) is 0 Å². The van der Waals surface area contributed by atoms with Gasteiger partial charge in [-0.2, -0.15) is 0 Å². The molecule has 6 heteroatoms. The van der Waals surface area contributed by atoms with E-state index in [1.807, 2.05) is 11.8 Å². The van der Waals surface area contributed by atoms with E-state index in [9.17, 15) is 4.79 Å². The van der Waals surface area contributed by atoms with Crippen LogP contribution in [0.15, 0.2) is 18.2 Å². The van der Waals surface area contributed by atoms with Gasteiger partial charge in [0.25, 0.3) is 0 Å². The largest absolute Gasteiger partial charge is 0.488 e. The number of ether oxygens (including phenoxy) is 1. The molecule has 21 heavy (non-hydrogen) atoms. The summed E-state index contributed by atoms with van der Waals surface area (Å²) in [5, 5.41) is 0.972. The van der Waals surface area contributed by atoms with Crippen molar-refractivity contribution in [3.8, 4) is 5.75 Å². The van der Waals surface area contributed by atoms with Crippen LogP contribution in [-0.2, 0) is 4.79 Å². The lowest BCUT2D eigenvalue weighted by atomic mass is 10.2. The number of rotatable bonds is 5. The predicted molar refractivity (Wildman–Crippen MR) is 85.0 cm³/mol. The fraction of sp³-hybridized carbons (Fsp3) is 0.533. The summed E-state index contributed by atoms with van der Waals surface area (Å²) in [4.78, 5) is 13.9. The van der Waals surface area contributed by atoms with Gasteiger partial charge in [0.1, 0.15) is 11.9 Å². The van der Waals surface area contributed by atoms with Crippen molar-refractivity contribution in [2.45, 2.75) is 38.3 Å². The predicted octanol–water partition coefficient (Wildman–Crippen LogP) is 3.10. The van der Waals surface area contributed by atoms with Gasteiger partial charge in [0, 0.05) is 31.5 Å². The van der Waals surface area contributed by atoms with Crippen LogP contribution >= 0.6 is 23.2 Å². The summed E-state index contributed by atoms with van der Waals surface area (Å²) in [6.07, 6.45) is 2.04. The van der Waals surface area contributed by atoms with E-state index in [2.05, 4.69) is 0 Å². The molecular weight excluding hydrogens is 311 g/mol. The van der Waals surface area contributed by atoms with E-state index in [-0.39, 0.29) is 18.1 Å². The van der Waals surface area contributed by atoms with Crippen LogP contribution < -0.4 is 10.5 Å². The summed E-state index contributed by atoms with van der Waals surface area (Å²) in [6, 6.07) is 5.25. The lowest BCUT2D eigenvalue weighted by Gasteiger charge is -2.18. The number of carbonyl (C=O) groups excluding carboxylic acids is 1. The standard InChI is InChI=1S/C15H20Cl2N2O2/c1-10(18)2-5-15(20)19-7-6-12(9-19)21-11-3-4-13(16)14(17)8-11/h3-4,8,10,12H,2,5-7,9,18H2,1H3. The van der Waals surface area contributed by atoms with Gasteiger partial charge >= 0.3 is 0 Å². The van der Waals surface area contributed by atoms with Crippen LogP contribution in [0, 0.1) is 0 Å². The van der Waals surface area contributed by atoms with Crippen molar-refractivity contribution in [2.75, 3.05) is 13.1 Å². The zero-order valence-corrected chi connectivity index (χ0v) is 13.5. The molecule has 0 saturated carbocycles. The van der Waals surface area contributed by atoms with Crippen LogP contribution in [0.5, 0.6) is 5.75 Å². The van der Waals surface area contributed by atoms with Gasteiger partial charge in [0.2, 0.25) is 5.91 Å². The van der Waals surface area contributed by atoms with Gasteiger partial charge < -0.3 is 15.4 Å². The van der Waals surface area contributed by atoms with Crippen molar-refractivity contribution in [1.82, 2.24) is 4.90 Å². The van der Waals surface area contributed by atoms with Crippen molar-refractivity contribution in [2.24, 2.45) is 5.73 Å². The monoisotopic (exact) mass is 330 g/mol. The first kappa shape index (κ1) is 16.4. The normalized spacial score (nSPS) is 19.6. The molecule has 0 bridgehead atoms. The molecule has 1 aromatic rings. The highest BCUT2D eigenvalue weighted by molar-refractivity contribution is 6.42. The third-order valence-electron chi connectivity index (χ3n) is 3.51. The van der Waals surface area contributed by atoms with E-state index in [1.54, 1.807) is 18.2 Å². The van der Waals surface area contributed by atoms with Gasteiger partial charge in [0.05, 0.1) is 16.6 Å². The number of hydrogen-bond donors (Lipinski definition) is 1. The quantitative estimate of drug-likeness (QED) is 0.902. The van der Waals surface area contributed by atoms with E-state index in [0.717, 1.165) is 13.0 Å². The summed E-state index contributed by atoms with van der Waals surface area (Å²) in [5.41, 5.74) is 5.68. The fourth-order valence-electron chi connectivity index (χ4n) is 2.30. The van der Waals surface area contributed by atoms with Crippen molar-refractivity contribution < 1.29 is 9.53 Å². The van der Waals surface area contributed by atoms with Gasteiger partial charge in [-0.3, -0.25) is 4.79 Å². The highest BCUT2D eigenvalue weighted by Gasteiger charge is 2.27. The molecule has 0 aliphatic carbocycles. The SMILES string of the molecule is CC(N)CCC(=O)N1CCC(Oc2ccc(Cl)c(Cl)c2)C1. The van der Waals surface area contributed by atoms with E-state index in [1.165, 1.54) is 0 Å². The second kappa shape index (κ2) is 7.34. The summed E-state index contributed by atoms with van der Waals surface area (Å²) in [6.45, 7) is 3.25.